The normalized spacial score (nSPS) is 15.4. The van der Waals surface area contributed by atoms with Crippen LogP contribution in [0.5, 0.6) is 0 Å². The average molecular weight is 233 g/mol. The molecule has 0 spiro atoms. The molecule has 17 heavy (non-hydrogen) atoms. The minimum absolute atomic E-state index is 0.00575. The largest absolute Gasteiger partial charge is 0.382 e. The predicted molar refractivity (Wildman–Crippen MR) is 68.4 cm³/mol. The third kappa shape index (κ3) is 2.72. The Morgan fingerprint density at radius 1 is 1.53 bits per heavy atom. The summed E-state index contributed by atoms with van der Waals surface area (Å²) >= 11 is 0. The molecule has 0 bridgehead atoms. The van der Waals surface area contributed by atoms with Gasteiger partial charge in [-0.05, 0) is 31.7 Å². The van der Waals surface area contributed by atoms with Gasteiger partial charge >= 0.3 is 0 Å². The fourth-order valence-corrected chi connectivity index (χ4v) is 2.01. The van der Waals surface area contributed by atoms with E-state index in [4.69, 9.17) is 11.1 Å². The first-order chi connectivity index (χ1) is 8.06. The van der Waals surface area contributed by atoms with Crippen LogP contribution in [0.3, 0.4) is 0 Å². The van der Waals surface area contributed by atoms with Gasteiger partial charge in [0.1, 0.15) is 11.5 Å². The summed E-state index contributed by atoms with van der Waals surface area (Å²) < 4.78 is 0. The van der Waals surface area contributed by atoms with E-state index in [1.807, 2.05) is 14.0 Å². The van der Waals surface area contributed by atoms with Crippen LogP contribution >= 0.6 is 0 Å². The van der Waals surface area contributed by atoms with Gasteiger partial charge in [0, 0.05) is 19.3 Å². The molecule has 0 amide bonds. The molecule has 5 nitrogen and oxygen atoms in total. The Bertz CT molecular complexity index is 425. The molecule has 1 fully saturated rings. The van der Waals surface area contributed by atoms with Gasteiger partial charge in [0.05, 0.1) is 0 Å². The lowest BCUT2D eigenvalue weighted by Gasteiger charge is -2.30. The molecule has 92 valence electrons. The highest BCUT2D eigenvalue weighted by molar-refractivity contribution is 5.93. The van der Waals surface area contributed by atoms with Crippen molar-refractivity contribution in [3.8, 4) is 0 Å². The smallest absolute Gasteiger partial charge is 0.225 e. The fraction of sp³-hybridized carbons (Fsp3) is 0.583. The summed E-state index contributed by atoms with van der Waals surface area (Å²) in [7, 11) is 2.00. The van der Waals surface area contributed by atoms with Crippen molar-refractivity contribution in [2.75, 3.05) is 18.5 Å². The van der Waals surface area contributed by atoms with E-state index in [0.717, 1.165) is 18.2 Å². The Kier molecular flexibility index (Phi) is 3.26. The second kappa shape index (κ2) is 4.69. The van der Waals surface area contributed by atoms with Gasteiger partial charge < -0.3 is 10.6 Å². The molecule has 1 aromatic rings. The van der Waals surface area contributed by atoms with Crippen LogP contribution in [-0.2, 0) is 0 Å². The lowest BCUT2D eigenvalue weighted by atomic mass is 9.85. The van der Waals surface area contributed by atoms with Crippen molar-refractivity contribution in [1.29, 1.82) is 5.41 Å². The first-order valence-electron chi connectivity index (χ1n) is 5.97. The number of nitrogen functional groups attached to an aromatic ring is 1. The number of nitrogens with zero attached hydrogens (tertiary/aromatic N) is 3. The lowest BCUT2D eigenvalue weighted by Crippen LogP contribution is -2.31. The molecule has 1 aliphatic carbocycles. The Labute approximate surface area is 102 Å². The SMILES string of the molecule is Cc1cc(C(=N)N)nc(N(C)CC2CCC2)n1. The van der Waals surface area contributed by atoms with Crippen molar-refractivity contribution in [3.63, 3.8) is 0 Å². The van der Waals surface area contributed by atoms with Crippen LogP contribution in [0.2, 0.25) is 0 Å². The first kappa shape index (κ1) is 11.8. The third-order valence-electron chi connectivity index (χ3n) is 3.22. The van der Waals surface area contributed by atoms with E-state index >= 15 is 0 Å². The number of hydrogen-bond acceptors (Lipinski definition) is 4. The molecule has 0 aliphatic heterocycles. The Balaban J connectivity index is 2.15. The van der Waals surface area contributed by atoms with Crippen LogP contribution in [0, 0.1) is 18.3 Å². The molecule has 2 rings (SSSR count). The maximum atomic E-state index is 7.43. The minimum atomic E-state index is -0.00575. The van der Waals surface area contributed by atoms with Crippen molar-refractivity contribution in [2.24, 2.45) is 11.7 Å². The van der Waals surface area contributed by atoms with Crippen LogP contribution < -0.4 is 10.6 Å². The average Bonchev–Trinajstić information content (AvgIpc) is 2.22. The Morgan fingerprint density at radius 2 is 2.24 bits per heavy atom. The maximum Gasteiger partial charge on any atom is 0.225 e. The topological polar surface area (TPSA) is 78.9 Å². The first-order valence-corrected chi connectivity index (χ1v) is 5.97. The number of aromatic nitrogens is 2. The summed E-state index contributed by atoms with van der Waals surface area (Å²) in [6.07, 6.45) is 3.94. The molecular weight excluding hydrogens is 214 g/mol. The van der Waals surface area contributed by atoms with Crippen LogP contribution in [0.25, 0.3) is 0 Å². The molecule has 0 unspecified atom stereocenters. The third-order valence-corrected chi connectivity index (χ3v) is 3.22. The van der Waals surface area contributed by atoms with E-state index in [2.05, 4.69) is 14.9 Å². The molecule has 1 aromatic heterocycles. The van der Waals surface area contributed by atoms with Crippen molar-refractivity contribution < 1.29 is 0 Å². The van der Waals surface area contributed by atoms with E-state index < -0.39 is 0 Å². The molecule has 1 saturated carbocycles. The molecular formula is C12H19N5. The highest BCUT2D eigenvalue weighted by Gasteiger charge is 2.20. The molecule has 3 N–H and O–H groups in total. The number of aryl methyl sites for hydroxylation is 1. The van der Waals surface area contributed by atoms with Gasteiger partial charge in [-0.25, -0.2) is 9.97 Å². The molecule has 5 heteroatoms. The number of hydrogen-bond donors (Lipinski definition) is 2. The number of nitrogens with two attached hydrogens (primary N) is 1. The van der Waals surface area contributed by atoms with Crippen LogP contribution in [0.1, 0.15) is 30.7 Å². The summed E-state index contributed by atoms with van der Waals surface area (Å²) in [5, 5.41) is 7.43. The van der Waals surface area contributed by atoms with E-state index in [9.17, 15) is 0 Å². The summed E-state index contributed by atoms with van der Waals surface area (Å²) in [4.78, 5) is 10.8. The maximum absolute atomic E-state index is 7.43. The van der Waals surface area contributed by atoms with Crippen molar-refractivity contribution in [1.82, 2.24) is 9.97 Å². The summed E-state index contributed by atoms with van der Waals surface area (Å²) in [5.41, 5.74) is 6.82. The van der Waals surface area contributed by atoms with Gasteiger partial charge in [-0.15, -0.1) is 0 Å². The monoisotopic (exact) mass is 233 g/mol. The second-order valence-corrected chi connectivity index (χ2v) is 4.79. The van der Waals surface area contributed by atoms with Gasteiger partial charge in [-0.2, -0.15) is 0 Å². The quantitative estimate of drug-likeness (QED) is 0.607. The lowest BCUT2D eigenvalue weighted by molar-refractivity contribution is 0.320. The molecule has 1 heterocycles. The zero-order valence-electron chi connectivity index (χ0n) is 10.4. The molecule has 0 atom stereocenters. The Hall–Kier alpha value is -1.65. The summed E-state index contributed by atoms with van der Waals surface area (Å²) in [5.74, 6) is 1.43. The van der Waals surface area contributed by atoms with Gasteiger partial charge in [0.15, 0.2) is 0 Å². The highest BCUT2D eigenvalue weighted by atomic mass is 15.2. The minimum Gasteiger partial charge on any atom is -0.382 e. The molecule has 0 aromatic carbocycles. The van der Waals surface area contributed by atoms with E-state index in [1.165, 1.54) is 19.3 Å². The summed E-state index contributed by atoms with van der Waals surface area (Å²) in [6, 6.07) is 1.74. The fourth-order valence-electron chi connectivity index (χ4n) is 2.01. The molecule has 0 radical (unpaired) electrons. The van der Waals surface area contributed by atoms with Gasteiger partial charge in [0.2, 0.25) is 5.95 Å². The second-order valence-electron chi connectivity index (χ2n) is 4.79. The van der Waals surface area contributed by atoms with Gasteiger partial charge in [-0.1, -0.05) is 6.42 Å². The van der Waals surface area contributed by atoms with Crippen molar-refractivity contribution in [3.05, 3.63) is 17.5 Å². The highest BCUT2D eigenvalue weighted by Crippen LogP contribution is 2.27. The number of amidine groups is 1. The zero-order chi connectivity index (χ0) is 12.4. The van der Waals surface area contributed by atoms with E-state index in [-0.39, 0.29) is 5.84 Å². The van der Waals surface area contributed by atoms with Crippen LogP contribution in [0.15, 0.2) is 6.07 Å². The zero-order valence-corrected chi connectivity index (χ0v) is 10.4. The van der Waals surface area contributed by atoms with Gasteiger partial charge in [0.25, 0.3) is 0 Å². The standard InChI is InChI=1S/C12H19N5/c1-8-6-10(11(13)14)16-12(15-8)17(2)7-9-4-3-5-9/h6,9H,3-5,7H2,1-2H3,(H3,13,14). The van der Waals surface area contributed by atoms with E-state index in [1.54, 1.807) is 6.07 Å². The predicted octanol–water partition coefficient (Wildman–Crippen LogP) is 1.31. The number of anilines is 1. The van der Waals surface area contributed by atoms with Crippen LogP contribution in [0.4, 0.5) is 5.95 Å². The number of rotatable bonds is 4. The Morgan fingerprint density at radius 3 is 2.76 bits per heavy atom. The number of nitrogens with one attached hydrogen (secondary N) is 1. The van der Waals surface area contributed by atoms with E-state index in [0.29, 0.717) is 11.6 Å². The molecule has 1 aliphatic rings. The summed E-state index contributed by atoms with van der Waals surface area (Å²) in [6.45, 7) is 2.88. The van der Waals surface area contributed by atoms with Crippen molar-refractivity contribution in [2.45, 2.75) is 26.2 Å². The van der Waals surface area contributed by atoms with Crippen molar-refractivity contribution >= 4 is 11.8 Å². The molecule has 0 saturated heterocycles. The van der Waals surface area contributed by atoms with Gasteiger partial charge in [-0.3, -0.25) is 5.41 Å². The van der Waals surface area contributed by atoms with Crippen LogP contribution in [-0.4, -0.2) is 29.4 Å².